The smallest absolute Gasteiger partial charge is 0.234 e. The van der Waals surface area contributed by atoms with Gasteiger partial charge in [0.15, 0.2) is 0 Å². The minimum atomic E-state index is -0.498. The lowest BCUT2D eigenvalue weighted by Gasteiger charge is -2.48. The van der Waals surface area contributed by atoms with Gasteiger partial charge >= 0.3 is 0 Å². The fourth-order valence-corrected chi connectivity index (χ4v) is 6.54. The molecule has 0 radical (unpaired) electrons. The van der Waals surface area contributed by atoms with E-state index in [1.807, 2.05) is 11.5 Å². The van der Waals surface area contributed by atoms with Gasteiger partial charge < -0.3 is 21.3 Å². The molecule has 6 atom stereocenters. The Morgan fingerprint density at radius 2 is 2.15 bits per heavy atom. The maximum Gasteiger partial charge on any atom is 0.234 e. The van der Waals surface area contributed by atoms with Gasteiger partial charge in [-0.2, -0.15) is 0 Å². The van der Waals surface area contributed by atoms with E-state index in [-0.39, 0.29) is 40.7 Å². The van der Waals surface area contributed by atoms with Crippen molar-refractivity contribution < 1.29 is 15.0 Å². The van der Waals surface area contributed by atoms with E-state index in [4.69, 9.17) is 5.73 Å². The SMILES string of the molecule is NCCc1cc(Br)c(C2C(O)CCC3NC(=O)C4SC=CC4C32)cc1O. The average Bonchev–Trinajstić information content (AvgIpc) is 3.09. The maximum absolute atomic E-state index is 12.4. The third kappa shape index (κ3) is 2.99. The second kappa shape index (κ2) is 7.19. The molecule has 0 aromatic heterocycles. The molecule has 0 bridgehead atoms. The number of phenolic OH excluding ortho intramolecular Hbond substituents is 1. The Balaban J connectivity index is 1.75. The van der Waals surface area contributed by atoms with Crippen LogP contribution in [-0.2, 0) is 11.2 Å². The van der Waals surface area contributed by atoms with Gasteiger partial charge in [-0.05, 0) is 60.4 Å². The first-order valence-corrected chi connectivity index (χ1v) is 10.8. The van der Waals surface area contributed by atoms with Crippen molar-refractivity contribution in [2.75, 3.05) is 6.54 Å². The summed E-state index contributed by atoms with van der Waals surface area (Å²) in [5, 5.41) is 26.4. The highest BCUT2D eigenvalue weighted by Gasteiger charge is 2.52. The number of hydrogen-bond acceptors (Lipinski definition) is 5. The molecule has 2 fully saturated rings. The number of nitrogens with two attached hydrogens (primary N) is 1. The van der Waals surface area contributed by atoms with Crippen LogP contribution in [0, 0.1) is 11.8 Å². The summed E-state index contributed by atoms with van der Waals surface area (Å²) in [4.78, 5) is 12.4. The molecule has 1 saturated heterocycles. The van der Waals surface area contributed by atoms with Crippen molar-refractivity contribution in [2.24, 2.45) is 17.6 Å². The topological polar surface area (TPSA) is 95.6 Å². The Morgan fingerprint density at radius 3 is 2.92 bits per heavy atom. The van der Waals surface area contributed by atoms with Crippen molar-refractivity contribution >= 4 is 33.6 Å². The summed E-state index contributed by atoms with van der Waals surface area (Å²) in [6.07, 6.45) is 3.64. The van der Waals surface area contributed by atoms with Crippen molar-refractivity contribution in [3.8, 4) is 5.75 Å². The highest BCUT2D eigenvalue weighted by atomic mass is 79.9. The fraction of sp³-hybridized carbons (Fsp3) is 0.526. The Kier molecular flexibility index (Phi) is 5.07. The summed E-state index contributed by atoms with van der Waals surface area (Å²) < 4.78 is 0.881. The van der Waals surface area contributed by atoms with Gasteiger partial charge in [-0.25, -0.2) is 0 Å². The van der Waals surface area contributed by atoms with Crippen LogP contribution in [0.4, 0.5) is 0 Å². The molecule has 1 saturated carbocycles. The van der Waals surface area contributed by atoms with Crippen molar-refractivity contribution in [3.63, 3.8) is 0 Å². The van der Waals surface area contributed by atoms with Crippen LogP contribution in [0.1, 0.15) is 29.9 Å². The molecule has 1 aromatic carbocycles. The normalized spacial score (nSPS) is 35.7. The number of amides is 1. The third-order valence-corrected chi connectivity index (χ3v) is 7.77. The molecule has 2 heterocycles. The van der Waals surface area contributed by atoms with E-state index < -0.39 is 6.10 Å². The second-order valence-electron chi connectivity index (χ2n) is 7.37. The number of rotatable bonds is 3. The third-order valence-electron chi connectivity index (χ3n) is 5.94. The second-order valence-corrected chi connectivity index (χ2v) is 9.27. The van der Waals surface area contributed by atoms with Gasteiger partial charge in [0.05, 0.1) is 11.4 Å². The number of piperidine rings is 1. The van der Waals surface area contributed by atoms with Gasteiger partial charge in [-0.3, -0.25) is 4.79 Å². The van der Waals surface area contributed by atoms with Crippen LogP contribution in [0.15, 0.2) is 28.1 Å². The molecule has 140 valence electrons. The molecule has 5 N–H and O–H groups in total. The molecule has 5 nitrogen and oxygen atoms in total. The Morgan fingerprint density at radius 1 is 1.35 bits per heavy atom. The highest BCUT2D eigenvalue weighted by Crippen LogP contribution is 2.51. The Labute approximate surface area is 165 Å². The van der Waals surface area contributed by atoms with Crippen LogP contribution in [0.3, 0.4) is 0 Å². The van der Waals surface area contributed by atoms with Gasteiger partial charge in [0.1, 0.15) is 5.75 Å². The lowest BCUT2D eigenvalue weighted by molar-refractivity contribution is -0.126. The summed E-state index contributed by atoms with van der Waals surface area (Å²) >= 11 is 5.20. The lowest BCUT2D eigenvalue weighted by atomic mass is 9.63. The van der Waals surface area contributed by atoms with E-state index in [1.165, 1.54) is 0 Å². The van der Waals surface area contributed by atoms with Crippen LogP contribution in [0.5, 0.6) is 5.75 Å². The predicted octanol–water partition coefficient (Wildman–Crippen LogP) is 2.25. The zero-order valence-electron chi connectivity index (χ0n) is 14.3. The molecular formula is C19H23BrN2O3S. The summed E-state index contributed by atoms with van der Waals surface area (Å²) in [6, 6.07) is 3.73. The fourth-order valence-electron chi connectivity index (χ4n) is 4.79. The van der Waals surface area contributed by atoms with Crippen molar-refractivity contribution in [3.05, 3.63) is 39.2 Å². The van der Waals surface area contributed by atoms with Crippen LogP contribution in [0.25, 0.3) is 0 Å². The van der Waals surface area contributed by atoms with Gasteiger partial charge in [-0.15, -0.1) is 11.8 Å². The monoisotopic (exact) mass is 438 g/mol. The number of allylic oxidation sites excluding steroid dienone is 1. The van der Waals surface area contributed by atoms with E-state index in [2.05, 4.69) is 27.3 Å². The first kappa shape index (κ1) is 18.3. The first-order valence-electron chi connectivity index (χ1n) is 9.03. The van der Waals surface area contributed by atoms with Gasteiger partial charge in [0.2, 0.25) is 5.91 Å². The number of halogens is 1. The van der Waals surface area contributed by atoms with E-state index in [0.717, 1.165) is 22.0 Å². The summed E-state index contributed by atoms with van der Waals surface area (Å²) in [5.41, 5.74) is 7.33. The molecular weight excluding hydrogens is 416 g/mol. The van der Waals surface area contributed by atoms with Crippen LogP contribution in [-0.4, -0.2) is 40.1 Å². The quantitative estimate of drug-likeness (QED) is 0.580. The van der Waals surface area contributed by atoms with Crippen LogP contribution >= 0.6 is 27.7 Å². The maximum atomic E-state index is 12.4. The summed E-state index contributed by atoms with van der Waals surface area (Å²) in [5.74, 6) is 0.398. The molecule has 2 aliphatic heterocycles. The molecule has 6 unspecified atom stereocenters. The molecule has 7 heteroatoms. The number of aromatic hydroxyl groups is 1. The first-order chi connectivity index (χ1) is 12.5. The number of phenols is 1. The zero-order chi connectivity index (χ0) is 18.4. The van der Waals surface area contributed by atoms with E-state index in [0.29, 0.717) is 19.4 Å². The van der Waals surface area contributed by atoms with E-state index in [1.54, 1.807) is 17.8 Å². The Hall–Kier alpha value is -1.02. The van der Waals surface area contributed by atoms with E-state index >= 15 is 0 Å². The van der Waals surface area contributed by atoms with Crippen molar-refractivity contribution in [2.45, 2.75) is 42.6 Å². The standard InChI is InChI=1S/C19H23BrN2O3S/c20-12-7-9(3-5-21)15(24)8-11(12)17-14(23)2-1-13-16(17)10-4-6-26-18(10)19(25)22-13/h4,6-8,10,13-14,16-18,23-24H,1-3,5,21H2,(H,22,25). The zero-order valence-corrected chi connectivity index (χ0v) is 16.7. The van der Waals surface area contributed by atoms with Crippen LogP contribution in [0.2, 0.25) is 0 Å². The van der Waals surface area contributed by atoms with Gasteiger partial charge in [-0.1, -0.05) is 22.0 Å². The predicted molar refractivity (Wildman–Crippen MR) is 106 cm³/mol. The molecule has 1 aliphatic carbocycles. The number of thioether (sulfide) groups is 1. The summed E-state index contributed by atoms with van der Waals surface area (Å²) in [7, 11) is 0. The molecule has 26 heavy (non-hydrogen) atoms. The average molecular weight is 439 g/mol. The molecule has 3 aliphatic rings. The largest absolute Gasteiger partial charge is 0.508 e. The molecule has 4 rings (SSSR count). The minimum Gasteiger partial charge on any atom is -0.508 e. The Bertz CT molecular complexity index is 757. The van der Waals surface area contributed by atoms with E-state index in [9.17, 15) is 15.0 Å². The number of fused-ring (bicyclic) bond motifs is 3. The summed E-state index contributed by atoms with van der Waals surface area (Å²) in [6.45, 7) is 0.466. The minimum absolute atomic E-state index is 0.0539. The molecule has 1 aromatic rings. The van der Waals surface area contributed by atoms with Crippen molar-refractivity contribution in [1.82, 2.24) is 5.32 Å². The lowest BCUT2D eigenvalue weighted by Crippen LogP contribution is -2.59. The van der Waals surface area contributed by atoms with Crippen LogP contribution < -0.4 is 11.1 Å². The number of nitrogens with one attached hydrogen (secondary N) is 1. The van der Waals surface area contributed by atoms with Crippen molar-refractivity contribution in [1.29, 1.82) is 0 Å². The van der Waals surface area contributed by atoms with Gasteiger partial charge in [0.25, 0.3) is 0 Å². The van der Waals surface area contributed by atoms with Gasteiger partial charge in [0, 0.05) is 22.4 Å². The number of aliphatic hydroxyl groups excluding tert-OH is 1. The molecule has 1 amide bonds. The number of carbonyl (C=O) groups is 1. The highest BCUT2D eigenvalue weighted by molar-refractivity contribution is 9.10. The number of aliphatic hydroxyl groups is 1. The molecule has 0 spiro atoms. The number of carbonyl (C=O) groups excluding carboxylic acids is 1. The number of benzene rings is 1. The number of hydrogen-bond donors (Lipinski definition) is 4.